The molecular weight excluding hydrogens is 357 g/mol. The third-order valence-corrected chi connectivity index (χ3v) is 4.51. The number of carbonyl (C=O) groups excluding carboxylic acids is 2. The van der Waals surface area contributed by atoms with E-state index < -0.39 is 0 Å². The Morgan fingerprint density at radius 3 is 2.18 bits per heavy atom. The van der Waals surface area contributed by atoms with Crippen LogP contribution in [0.5, 0.6) is 0 Å². The number of amides is 2. The average Bonchev–Trinajstić information content (AvgIpc) is 2.68. The first-order valence-corrected chi connectivity index (χ1v) is 9.43. The first-order chi connectivity index (χ1) is 13.4. The van der Waals surface area contributed by atoms with Gasteiger partial charge in [0, 0.05) is 13.6 Å². The van der Waals surface area contributed by atoms with Crippen LogP contribution in [-0.4, -0.2) is 55.3 Å². The van der Waals surface area contributed by atoms with Gasteiger partial charge in [0.2, 0.25) is 11.8 Å². The van der Waals surface area contributed by atoms with Gasteiger partial charge in [0.25, 0.3) is 0 Å². The summed E-state index contributed by atoms with van der Waals surface area (Å²) in [6, 6.07) is 15.9. The summed E-state index contributed by atoms with van der Waals surface area (Å²) in [4.78, 5) is 27.8. The molecule has 1 unspecified atom stereocenters. The van der Waals surface area contributed by atoms with Gasteiger partial charge in [-0.1, -0.05) is 49.4 Å². The maximum Gasteiger partial charge on any atom is 0.239 e. The van der Waals surface area contributed by atoms with Crippen molar-refractivity contribution in [2.75, 3.05) is 33.7 Å². The third-order valence-electron chi connectivity index (χ3n) is 4.51. The highest BCUT2D eigenvalue weighted by Gasteiger charge is 2.23. The fourth-order valence-corrected chi connectivity index (χ4v) is 3.03. The normalized spacial score (nSPS) is 11.9. The Morgan fingerprint density at radius 1 is 0.964 bits per heavy atom. The van der Waals surface area contributed by atoms with E-state index in [1.54, 1.807) is 19.2 Å². The molecule has 0 fully saturated rings. The number of likely N-dealkylation sites (N-methyl/N-ethyl adjacent to an activating group) is 2. The summed E-state index contributed by atoms with van der Waals surface area (Å²) < 4.78 is 13.4. The SMILES string of the molecule is CCCNC(=O)CN(C)C(=O)CN(C)C(c1ccccc1)c1ccc(F)cc1. The zero-order chi connectivity index (χ0) is 20.5. The van der Waals surface area contributed by atoms with Crippen LogP contribution in [0.3, 0.4) is 0 Å². The van der Waals surface area contributed by atoms with Crippen LogP contribution < -0.4 is 5.32 Å². The molecule has 150 valence electrons. The Hall–Kier alpha value is -2.73. The van der Waals surface area contributed by atoms with Gasteiger partial charge in [-0.2, -0.15) is 0 Å². The van der Waals surface area contributed by atoms with Crippen molar-refractivity contribution < 1.29 is 14.0 Å². The van der Waals surface area contributed by atoms with Crippen molar-refractivity contribution in [3.63, 3.8) is 0 Å². The van der Waals surface area contributed by atoms with E-state index in [0.29, 0.717) is 6.54 Å². The van der Waals surface area contributed by atoms with Crippen LogP contribution in [0.1, 0.15) is 30.5 Å². The van der Waals surface area contributed by atoms with Gasteiger partial charge in [0.15, 0.2) is 0 Å². The molecule has 2 aromatic rings. The molecule has 0 spiro atoms. The number of nitrogens with zero attached hydrogens (tertiary/aromatic N) is 2. The molecule has 0 aliphatic heterocycles. The van der Waals surface area contributed by atoms with Crippen LogP contribution in [-0.2, 0) is 9.59 Å². The number of carbonyl (C=O) groups is 2. The summed E-state index contributed by atoms with van der Waals surface area (Å²) in [5, 5.41) is 2.77. The molecule has 2 amide bonds. The minimum absolute atomic E-state index is 0.0270. The van der Waals surface area contributed by atoms with Crippen LogP contribution in [0, 0.1) is 5.82 Å². The maximum absolute atomic E-state index is 13.4. The van der Waals surface area contributed by atoms with Crippen molar-refractivity contribution in [1.82, 2.24) is 15.1 Å². The van der Waals surface area contributed by atoms with Gasteiger partial charge in [0.05, 0.1) is 19.1 Å². The van der Waals surface area contributed by atoms with E-state index in [2.05, 4.69) is 5.32 Å². The van der Waals surface area contributed by atoms with Gasteiger partial charge in [0.1, 0.15) is 5.82 Å². The largest absolute Gasteiger partial charge is 0.355 e. The third kappa shape index (κ3) is 6.16. The highest BCUT2D eigenvalue weighted by Crippen LogP contribution is 2.27. The number of hydrogen-bond acceptors (Lipinski definition) is 3. The molecule has 0 saturated heterocycles. The maximum atomic E-state index is 13.4. The van der Waals surface area contributed by atoms with E-state index in [4.69, 9.17) is 0 Å². The van der Waals surface area contributed by atoms with Crippen molar-refractivity contribution in [2.45, 2.75) is 19.4 Å². The summed E-state index contributed by atoms with van der Waals surface area (Å²) in [6.45, 7) is 2.73. The van der Waals surface area contributed by atoms with Crippen LogP contribution in [0.2, 0.25) is 0 Å². The van der Waals surface area contributed by atoms with Gasteiger partial charge in [-0.3, -0.25) is 14.5 Å². The van der Waals surface area contributed by atoms with Crippen molar-refractivity contribution in [1.29, 1.82) is 0 Å². The molecule has 0 saturated carbocycles. The minimum Gasteiger partial charge on any atom is -0.355 e. The lowest BCUT2D eigenvalue weighted by Gasteiger charge is -2.30. The molecule has 1 N–H and O–H groups in total. The highest BCUT2D eigenvalue weighted by atomic mass is 19.1. The number of nitrogens with one attached hydrogen (secondary N) is 1. The number of hydrogen-bond donors (Lipinski definition) is 1. The Bertz CT molecular complexity index is 765. The number of benzene rings is 2. The standard InChI is InChI=1S/C22H28FN3O2/c1-4-14-24-20(27)15-25(2)21(28)16-26(3)22(17-8-6-5-7-9-17)18-10-12-19(23)13-11-18/h5-13,22H,4,14-16H2,1-3H3,(H,24,27). The minimum atomic E-state index is -0.299. The van der Waals surface area contributed by atoms with Gasteiger partial charge < -0.3 is 10.2 Å². The first-order valence-electron chi connectivity index (χ1n) is 9.43. The lowest BCUT2D eigenvalue weighted by Crippen LogP contribution is -2.43. The van der Waals surface area contributed by atoms with Crippen molar-refractivity contribution in [2.24, 2.45) is 0 Å². The van der Waals surface area contributed by atoms with Crippen LogP contribution in [0.25, 0.3) is 0 Å². The number of rotatable bonds is 9. The molecule has 2 aromatic carbocycles. The predicted molar refractivity (Wildman–Crippen MR) is 108 cm³/mol. The van der Waals surface area contributed by atoms with Gasteiger partial charge in [-0.25, -0.2) is 4.39 Å². The summed E-state index contributed by atoms with van der Waals surface area (Å²) in [6.07, 6.45) is 0.850. The molecule has 0 radical (unpaired) electrons. The van der Waals surface area contributed by atoms with Crippen LogP contribution in [0.15, 0.2) is 54.6 Å². The zero-order valence-corrected chi connectivity index (χ0v) is 16.7. The summed E-state index contributed by atoms with van der Waals surface area (Å²) in [5.41, 5.74) is 1.90. The summed E-state index contributed by atoms with van der Waals surface area (Å²) in [5.74, 6) is -0.622. The van der Waals surface area contributed by atoms with E-state index in [9.17, 15) is 14.0 Å². The zero-order valence-electron chi connectivity index (χ0n) is 16.7. The monoisotopic (exact) mass is 385 g/mol. The second kappa shape index (κ2) is 10.6. The van der Waals surface area contributed by atoms with E-state index in [0.717, 1.165) is 17.5 Å². The molecule has 1 atom stereocenters. The smallest absolute Gasteiger partial charge is 0.239 e. The van der Waals surface area contributed by atoms with Crippen LogP contribution in [0.4, 0.5) is 4.39 Å². The summed E-state index contributed by atoms with van der Waals surface area (Å²) >= 11 is 0. The summed E-state index contributed by atoms with van der Waals surface area (Å²) in [7, 11) is 3.47. The Balaban J connectivity index is 2.12. The molecule has 0 bridgehead atoms. The van der Waals surface area contributed by atoms with Crippen molar-refractivity contribution in [3.05, 3.63) is 71.5 Å². The van der Waals surface area contributed by atoms with E-state index in [1.807, 2.05) is 49.2 Å². The highest BCUT2D eigenvalue weighted by molar-refractivity contribution is 5.85. The Morgan fingerprint density at radius 2 is 1.57 bits per heavy atom. The van der Waals surface area contributed by atoms with Crippen molar-refractivity contribution in [3.8, 4) is 0 Å². The molecule has 6 heteroatoms. The molecular formula is C22H28FN3O2. The van der Waals surface area contributed by atoms with Gasteiger partial charge in [-0.05, 0) is 36.7 Å². The topological polar surface area (TPSA) is 52.7 Å². The average molecular weight is 385 g/mol. The van der Waals surface area contributed by atoms with Gasteiger partial charge in [-0.15, -0.1) is 0 Å². The molecule has 0 aromatic heterocycles. The van der Waals surface area contributed by atoms with Crippen LogP contribution >= 0.6 is 0 Å². The molecule has 5 nitrogen and oxygen atoms in total. The Labute approximate surface area is 166 Å². The quantitative estimate of drug-likeness (QED) is 0.722. The van der Waals surface area contributed by atoms with Gasteiger partial charge >= 0.3 is 0 Å². The predicted octanol–water partition coefficient (Wildman–Crippen LogP) is 2.83. The Kier molecular flexibility index (Phi) is 8.14. The van der Waals surface area contributed by atoms with Crippen molar-refractivity contribution >= 4 is 11.8 Å². The fraction of sp³-hybridized carbons (Fsp3) is 0.364. The van der Waals surface area contributed by atoms with E-state index in [1.165, 1.54) is 17.0 Å². The molecule has 28 heavy (non-hydrogen) atoms. The molecule has 0 aliphatic carbocycles. The molecule has 2 rings (SSSR count). The number of halogens is 1. The van der Waals surface area contributed by atoms with E-state index >= 15 is 0 Å². The lowest BCUT2D eigenvalue weighted by atomic mass is 9.97. The fourth-order valence-electron chi connectivity index (χ4n) is 3.03. The molecule has 0 heterocycles. The lowest BCUT2D eigenvalue weighted by molar-refractivity contribution is -0.135. The molecule has 0 aliphatic rings. The van der Waals surface area contributed by atoms with E-state index in [-0.39, 0.29) is 36.8 Å². The second-order valence-electron chi connectivity index (χ2n) is 6.88. The first kappa shape index (κ1) is 21.6. The second-order valence-corrected chi connectivity index (χ2v) is 6.88.